The van der Waals surface area contributed by atoms with Crippen LogP contribution in [0.3, 0.4) is 0 Å². The van der Waals surface area contributed by atoms with Crippen LogP contribution in [0.2, 0.25) is 5.02 Å². The van der Waals surface area contributed by atoms with E-state index in [4.69, 9.17) is 22.0 Å². The molecule has 0 saturated carbocycles. The second kappa shape index (κ2) is 7.82. The first kappa shape index (κ1) is 17.7. The van der Waals surface area contributed by atoms with Crippen molar-refractivity contribution in [3.63, 3.8) is 0 Å². The quantitative estimate of drug-likeness (QED) is 0.610. The van der Waals surface area contributed by atoms with Crippen LogP contribution >= 0.6 is 11.6 Å². The van der Waals surface area contributed by atoms with E-state index in [-0.39, 0.29) is 12.5 Å². The molecule has 3 N–H and O–H groups in total. The van der Waals surface area contributed by atoms with Crippen molar-refractivity contribution in [2.24, 2.45) is 0 Å². The largest absolute Gasteiger partial charge is 0.390 e. The Labute approximate surface area is 154 Å². The summed E-state index contributed by atoms with van der Waals surface area (Å²) < 4.78 is 1.70. The van der Waals surface area contributed by atoms with E-state index in [1.54, 1.807) is 29.1 Å². The Kier molecular flexibility index (Phi) is 5.31. The number of carbonyl (C=O) groups is 1. The number of hydrogen-bond acceptors (Lipinski definition) is 5. The van der Waals surface area contributed by atoms with Crippen molar-refractivity contribution in [2.45, 2.75) is 13.2 Å². The number of nitrogens with zero attached hydrogens (tertiary/aromatic N) is 4. The monoisotopic (exact) mass is 370 g/mol. The van der Waals surface area contributed by atoms with Crippen molar-refractivity contribution in [3.8, 4) is 17.3 Å². The predicted octanol–water partition coefficient (Wildman–Crippen LogP) is 1.72. The summed E-state index contributed by atoms with van der Waals surface area (Å²) in [5.74, 6) is -0.302. The van der Waals surface area contributed by atoms with Gasteiger partial charge in [0.05, 0.1) is 35.1 Å². The lowest BCUT2D eigenvalue weighted by Crippen LogP contribution is -2.27. The van der Waals surface area contributed by atoms with Crippen LogP contribution < -0.4 is 5.32 Å². The fraction of sp³-hybridized carbons (Fsp3) is 0.176. The van der Waals surface area contributed by atoms with Crippen molar-refractivity contribution < 1.29 is 9.90 Å². The van der Waals surface area contributed by atoms with Gasteiger partial charge in [-0.25, -0.2) is 0 Å². The van der Waals surface area contributed by atoms with Gasteiger partial charge in [0.15, 0.2) is 0 Å². The average molecular weight is 371 g/mol. The van der Waals surface area contributed by atoms with Crippen LogP contribution in [0.1, 0.15) is 21.7 Å². The minimum Gasteiger partial charge on any atom is -0.390 e. The molecular weight excluding hydrogens is 356 g/mol. The van der Waals surface area contributed by atoms with Gasteiger partial charge in [-0.2, -0.15) is 15.5 Å². The molecule has 1 amide bonds. The molecule has 8 nitrogen and oxygen atoms in total. The molecule has 0 spiro atoms. The molecule has 2 heterocycles. The van der Waals surface area contributed by atoms with Gasteiger partial charge in [0.2, 0.25) is 0 Å². The molecular formula is C17H15ClN6O2. The lowest BCUT2D eigenvalue weighted by atomic mass is 10.1. The molecule has 9 heteroatoms. The number of aliphatic hydroxyl groups is 1. The molecule has 3 rings (SSSR count). The zero-order chi connectivity index (χ0) is 18.5. The molecule has 0 unspecified atom stereocenters. The molecule has 0 saturated heterocycles. The highest BCUT2D eigenvalue weighted by molar-refractivity contribution is 6.32. The topological polar surface area (TPSA) is 120 Å². The summed E-state index contributed by atoms with van der Waals surface area (Å²) in [5.41, 5.74) is 2.66. The summed E-state index contributed by atoms with van der Waals surface area (Å²) in [4.78, 5) is 12.0. The number of benzene rings is 1. The first-order valence-corrected chi connectivity index (χ1v) is 8.15. The third kappa shape index (κ3) is 3.91. The van der Waals surface area contributed by atoms with Gasteiger partial charge < -0.3 is 10.4 Å². The number of carbonyl (C=O) groups excluding carboxylic acids is 1. The maximum absolute atomic E-state index is 12.0. The fourth-order valence-electron chi connectivity index (χ4n) is 2.35. The second-order valence-corrected chi connectivity index (χ2v) is 5.86. The van der Waals surface area contributed by atoms with Gasteiger partial charge >= 0.3 is 0 Å². The summed E-state index contributed by atoms with van der Waals surface area (Å²) in [6.45, 7) is 0.636. The normalized spacial score (nSPS) is 10.5. The summed E-state index contributed by atoms with van der Waals surface area (Å²) in [7, 11) is 0. The van der Waals surface area contributed by atoms with Crippen LogP contribution in [-0.4, -0.2) is 37.5 Å². The van der Waals surface area contributed by atoms with Gasteiger partial charge in [0.25, 0.3) is 5.91 Å². The highest BCUT2D eigenvalue weighted by Gasteiger charge is 2.10. The zero-order valence-corrected chi connectivity index (χ0v) is 14.4. The summed E-state index contributed by atoms with van der Waals surface area (Å²) in [5, 5.41) is 31.8. The van der Waals surface area contributed by atoms with Crippen LogP contribution in [0.5, 0.6) is 0 Å². The third-order valence-corrected chi connectivity index (χ3v) is 4.00. The molecule has 0 aliphatic carbocycles. The molecule has 1 aromatic carbocycles. The van der Waals surface area contributed by atoms with E-state index in [0.717, 1.165) is 11.3 Å². The van der Waals surface area contributed by atoms with Gasteiger partial charge in [-0.15, -0.1) is 0 Å². The van der Waals surface area contributed by atoms with E-state index >= 15 is 0 Å². The Balaban J connectivity index is 1.58. The first-order valence-electron chi connectivity index (χ1n) is 7.77. The smallest absolute Gasteiger partial charge is 0.269 e. The van der Waals surface area contributed by atoms with Crippen molar-refractivity contribution in [2.75, 3.05) is 6.54 Å². The molecule has 26 heavy (non-hydrogen) atoms. The number of amides is 1. The fourth-order valence-corrected chi connectivity index (χ4v) is 2.57. The van der Waals surface area contributed by atoms with E-state index < -0.39 is 0 Å². The predicted molar refractivity (Wildman–Crippen MR) is 94.2 cm³/mol. The van der Waals surface area contributed by atoms with Crippen molar-refractivity contribution in [1.82, 2.24) is 25.3 Å². The van der Waals surface area contributed by atoms with E-state index in [2.05, 4.69) is 20.6 Å². The Bertz CT molecular complexity index is 972. The van der Waals surface area contributed by atoms with E-state index in [1.165, 1.54) is 6.07 Å². The number of aliphatic hydroxyl groups excluding tert-OH is 1. The van der Waals surface area contributed by atoms with Gasteiger partial charge in [-0.1, -0.05) is 17.7 Å². The van der Waals surface area contributed by atoms with Gasteiger partial charge in [0.1, 0.15) is 11.8 Å². The Hall–Kier alpha value is -3.15. The number of rotatable bonds is 6. The molecule has 0 bridgehead atoms. The molecule has 0 radical (unpaired) electrons. The van der Waals surface area contributed by atoms with E-state index in [0.29, 0.717) is 35.1 Å². The summed E-state index contributed by atoms with van der Waals surface area (Å²) >= 11 is 6.05. The Morgan fingerprint density at radius 1 is 1.38 bits per heavy atom. The lowest BCUT2D eigenvalue weighted by molar-refractivity contribution is 0.0947. The summed E-state index contributed by atoms with van der Waals surface area (Å²) in [6, 6.07) is 10.5. The zero-order valence-electron chi connectivity index (χ0n) is 13.6. The SMILES string of the molecule is N#Cc1ccc(-c2ccn(CCNC(=O)c3cc(CO)n[nH]3)n2)cc1Cl. The third-order valence-electron chi connectivity index (χ3n) is 3.69. The number of halogens is 1. The summed E-state index contributed by atoms with van der Waals surface area (Å²) in [6.07, 6.45) is 1.80. The number of nitrogens with one attached hydrogen (secondary N) is 2. The minimum absolute atomic E-state index is 0.223. The number of aromatic nitrogens is 4. The molecule has 0 fully saturated rings. The molecule has 3 aromatic rings. The minimum atomic E-state index is -0.302. The lowest BCUT2D eigenvalue weighted by Gasteiger charge is -2.04. The maximum Gasteiger partial charge on any atom is 0.269 e. The van der Waals surface area contributed by atoms with Crippen molar-refractivity contribution in [3.05, 3.63) is 58.5 Å². The molecule has 132 valence electrons. The number of H-pyrrole nitrogens is 1. The molecule has 0 atom stereocenters. The van der Waals surface area contributed by atoms with Crippen LogP contribution in [0, 0.1) is 11.3 Å². The van der Waals surface area contributed by atoms with Gasteiger partial charge in [-0.3, -0.25) is 14.6 Å². The first-order chi connectivity index (χ1) is 12.6. The Morgan fingerprint density at radius 2 is 2.23 bits per heavy atom. The van der Waals surface area contributed by atoms with Crippen LogP contribution in [0.25, 0.3) is 11.3 Å². The highest BCUT2D eigenvalue weighted by atomic mass is 35.5. The number of hydrogen-bond donors (Lipinski definition) is 3. The van der Waals surface area contributed by atoms with Crippen LogP contribution in [-0.2, 0) is 13.2 Å². The molecule has 0 aliphatic heterocycles. The standard InChI is InChI=1S/C17H15ClN6O2/c18-14-7-11(1-2-12(14)9-19)15-3-5-24(23-15)6-4-20-17(26)16-8-13(10-25)21-22-16/h1-3,5,7-8,25H,4,6,10H2,(H,20,26)(H,21,22). The van der Waals surface area contributed by atoms with Crippen LogP contribution in [0.15, 0.2) is 36.5 Å². The average Bonchev–Trinajstić information content (AvgIpc) is 3.31. The van der Waals surface area contributed by atoms with Gasteiger partial charge in [-0.05, 0) is 24.3 Å². The van der Waals surface area contributed by atoms with Crippen molar-refractivity contribution >= 4 is 17.5 Å². The number of aromatic amines is 1. The van der Waals surface area contributed by atoms with Crippen molar-refractivity contribution in [1.29, 1.82) is 5.26 Å². The van der Waals surface area contributed by atoms with E-state index in [9.17, 15) is 4.79 Å². The van der Waals surface area contributed by atoms with Crippen LogP contribution in [0.4, 0.5) is 0 Å². The highest BCUT2D eigenvalue weighted by Crippen LogP contribution is 2.24. The molecule has 0 aliphatic rings. The molecule has 2 aromatic heterocycles. The number of nitriles is 1. The maximum atomic E-state index is 12.0. The van der Waals surface area contributed by atoms with E-state index in [1.807, 2.05) is 12.1 Å². The van der Waals surface area contributed by atoms with Gasteiger partial charge in [0, 0.05) is 18.3 Å². The second-order valence-electron chi connectivity index (χ2n) is 5.46. The Morgan fingerprint density at radius 3 is 2.92 bits per heavy atom.